The van der Waals surface area contributed by atoms with Crippen molar-refractivity contribution in [2.75, 3.05) is 32.3 Å². The Labute approximate surface area is 264 Å². The van der Waals surface area contributed by atoms with E-state index >= 15 is 0 Å². The van der Waals surface area contributed by atoms with Crippen LogP contribution in [0.3, 0.4) is 0 Å². The van der Waals surface area contributed by atoms with Gasteiger partial charge < -0.3 is 10.6 Å². The maximum absolute atomic E-state index is 3.75. The van der Waals surface area contributed by atoms with Crippen molar-refractivity contribution in [2.24, 2.45) is 40.9 Å². The van der Waals surface area contributed by atoms with Gasteiger partial charge >= 0.3 is 17.1 Å². The molecule has 2 heterocycles. The number of nitrogens with one attached hydrogen (secondary N) is 2. The van der Waals surface area contributed by atoms with Crippen LogP contribution in [0.25, 0.3) is 0 Å². The zero-order valence-electron chi connectivity index (χ0n) is 24.4. The molecule has 7 atom stereocenters. The Bertz CT molecular complexity index is 1140. The summed E-state index contributed by atoms with van der Waals surface area (Å²) in [6.45, 7) is 4.68. The van der Waals surface area contributed by atoms with E-state index < -0.39 is 0 Å². The molecular weight excluding hydrogens is 578 g/mol. The summed E-state index contributed by atoms with van der Waals surface area (Å²) in [6.07, 6.45) is 27.9. The Morgan fingerprint density at radius 1 is 0.927 bits per heavy atom. The fraction of sp³-hybridized carbons (Fsp3) is 0.556. The molecule has 9 rings (SSSR count). The molecule has 41 heavy (non-hydrogen) atoms. The van der Waals surface area contributed by atoms with Crippen molar-refractivity contribution >= 4 is 18.5 Å². The van der Waals surface area contributed by atoms with Crippen LogP contribution in [0.1, 0.15) is 44.9 Å². The third kappa shape index (κ3) is 5.41. The second-order valence-corrected chi connectivity index (χ2v) is 15.2. The summed E-state index contributed by atoms with van der Waals surface area (Å²) < 4.78 is 0. The van der Waals surface area contributed by atoms with Gasteiger partial charge in [-0.05, 0) is 129 Å². The van der Waals surface area contributed by atoms with Crippen LogP contribution in [0.15, 0.2) is 89.1 Å². The monoisotopic (exact) mass is 626 g/mol. The van der Waals surface area contributed by atoms with E-state index in [9.17, 15) is 0 Å². The fourth-order valence-corrected chi connectivity index (χ4v) is 11.9. The van der Waals surface area contributed by atoms with Crippen molar-refractivity contribution in [2.45, 2.75) is 50.1 Å². The van der Waals surface area contributed by atoms with Crippen molar-refractivity contribution in [1.29, 1.82) is 0 Å². The summed E-state index contributed by atoms with van der Waals surface area (Å²) in [4.78, 5) is 0. The summed E-state index contributed by atoms with van der Waals surface area (Å²) in [6, 6.07) is 10.0. The quantitative estimate of drug-likeness (QED) is 0.208. The second-order valence-electron chi connectivity index (χ2n) is 13.8. The van der Waals surface area contributed by atoms with Crippen molar-refractivity contribution in [3.63, 3.8) is 0 Å². The van der Waals surface area contributed by atoms with E-state index in [0.29, 0.717) is 17.3 Å². The first-order valence-electron chi connectivity index (χ1n) is 16.1. The molecule has 4 saturated carbocycles. The number of rotatable bonds is 5. The molecule has 6 aliphatic carbocycles. The van der Waals surface area contributed by atoms with Crippen LogP contribution in [0.4, 0.5) is 0 Å². The fourth-order valence-electron chi connectivity index (χ4n) is 10.3. The topological polar surface area (TPSA) is 24.1 Å². The molecular formula is C36H48FeN2P2. The minimum absolute atomic E-state index is 0. The van der Waals surface area contributed by atoms with Gasteiger partial charge in [-0.1, -0.05) is 17.7 Å². The Balaban J connectivity index is 0.000000458. The molecule has 1 aromatic carbocycles. The SMILES string of the molecule is PCC1C2CC3CC(C2)CC1(C1=CC(=C2C=CC=C[CH-]2)C=C1C(P)(C1CCNC1)C1CCNC1)C3.[Fe+2].c1cc[cH-]c1. The molecule has 7 unspecified atom stereocenters. The number of allylic oxidation sites excluding steroid dienone is 10. The first kappa shape index (κ1) is 30.3. The van der Waals surface area contributed by atoms with Gasteiger partial charge in [-0.25, -0.2) is 12.1 Å². The Morgan fingerprint density at radius 3 is 2.12 bits per heavy atom. The third-order valence-corrected chi connectivity index (χ3v) is 13.6. The van der Waals surface area contributed by atoms with Gasteiger partial charge in [0.15, 0.2) is 0 Å². The molecule has 2 nitrogen and oxygen atoms in total. The van der Waals surface area contributed by atoms with Gasteiger partial charge in [-0.3, -0.25) is 0 Å². The minimum Gasteiger partial charge on any atom is -0.316 e. The molecule has 2 aliphatic heterocycles. The molecule has 0 aromatic heterocycles. The predicted octanol–water partition coefficient (Wildman–Crippen LogP) is 7.03. The van der Waals surface area contributed by atoms with Crippen LogP contribution < -0.4 is 10.6 Å². The Hall–Kier alpha value is -0.781. The molecule has 4 bridgehead atoms. The molecule has 2 saturated heterocycles. The molecule has 0 spiro atoms. The van der Waals surface area contributed by atoms with E-state index in [0.717, 1.165) is 23.7 Å². The van der Waals surface area contributed by atoms with Crippen LogP contribution in [0.5, 0.6) is 0 Å². The largest absolute Gasteiger partial charge is 2.00 e. The molecule has 5 heteroatoms. The summed E-state index contributed by atoms with van der Waals surface area (Å²) in [5.74, 6) is 5.10. The average Bonchev–Trinajstić information content (AvgIpc) is 3.80. The van der Waals surface area contributed by atoms with Gasteiger partial charge in [-0.2, -0.15) is 18.2 Å². The standard InChI is InChI=1S/C31H43N2P2.C5H5.Fe/c34-19-29-24-11-20-10-21(12-24)16-30(29,15-20)27-13-23(22-4-2-1-3-5-22)14-28(27)31(35,25-6-8-32-17-25)26-7-9-33-18-26;1-2-4-5-3-1;/h1-5,13-14,20-21,24-26,29,32-33H,6-12,15-19,34-35H2;1-5H;/q2*-1;+2. The van der Waals surface area contributed by atoms with Crippen molar-refractivity contribution in [1.82, 2.24) is 10.6 Å². The first-order chi connectivity index (χ1) is 19.6. The average molecular weight is 627 g/mol. The zero-order chi connectivity index (χ0) is 27.2. The van der Waals surface area contributed by atoms with E-state index in [1.807, 2.05) is 30.3 Å². The maximum atomic E-state index is 3.75. The van der Waals surface area contributed by atoms with Crippen LogP contribution in [-0.4, -0.2) is 37.5 Å². The molecule has 6 fully saturated rings. The van der Waals surface area contributed by atoms with Crippen LogP contribution in [0.2, 0.25) is 0 Å². The molecule has 0 amide bonds. The minimum atomic E-state index is 0. The summed E-state index contributed by atoms with van der Waals surface area (Å²) >= 11 is 0. The van der Waals surface area contributed by atoms with Gasteiger partial charge in [0.05, 0.1) is 0 Å². The normalized spacial score (nSPS) is 39.9. The van der Waals surface area contributed by atoms with Crippen molar-refractivity contribution in [3.05, 3.63) is 95.5 Å². The maximum Gasteiger partial charge on any atom is 2.00 e. The smallest absolute Gasteiger partial charge is 0.316 e. The van der Waals surface area contributed by atoms with Gasteiger partial charge in [-0.15, -0.1) is 54.8 Å². The second kappa shape index (κ2) is 12.7. The van der Waals surface area contributed by atoms with E-state index in [4.69, 9.17) is 0 Å². The Kier molecular flexibility index (Phi) is 9.36. The van der Waals surface area contributed by atoms with Crippen molar-refractivity contribution in [3.8, 4) is 0 Å². The van der Waals surface area contributed by atoms with Gasteiger partial charge in [0.1, 0.15) is 0 Å². The van der Waals surface area contributed by atoms with Crippen LogP contribution in [0, 0.1) is 47.3 Å². The van der Waals surface area contributed by atoms with Crippen LogP contribution >= 0.6 is 18.5 Å². The third-order valence-electron chi connectivity index (χ3n) is 11.8. The van der Waals surface area contributed by atoms with E-state index in [1.165, 1.54) is 88.4 Å². The van der Waals surface area contributed by atoms with Crippen molar-refractivity contribution < 1.29 is 17.1 Å². The molecule has 1 aromatic rings. The van der Waals surface area contributed by atoms with E-state index in [1.54, 1.807) is 11.1 Å². The Morgan fingerprint density at radius 2 is 1.61 bits per heavy atom. The van der Waals surface area contributed by atoms with Gasteiger partial charge in [0, 0.05) is 5.16 Å². The summed E-state index contributed by atoms with van der Waals surface area (Å²) in [5.41, 5.74) is 6.75. The number of hydrogen-bond acceptors (Lipinski definition) is 2. The summed E-state index contributed by atoms with van der Waals surface area (Å²) in [7, 11) is 6.75. The molecule has 2 N–H and O–H groups in total. The van der Waals surface area contributed by atoms with Gasteiger partial charge in [0.25, 0.3) is 0 Å². The zero-order valence-corrected chi connectivity index (χ0v) is 27.8. The molecule has 0 radical (unpaired) electrons. The molecule has 8 aliphatic rings. The number of hydrogen-bond donors (Lipinski definition) is 2. The molecule has 220 valence electrons. The summed E-state index contributed by atoms with van der Waals surface area (Å²) in [5, 5.41) is 7.65. The van der Waals surface area contributed by atoms with Gasteiger partial charge in [0.2, 0.25) is 0 Å². The first-order valence-corrected chi connectivity index (χ1v) is 17.5. The van der Waals surface area contributed by atoms with Crippen LogP contribution in [-0.2, 0) is 17.1 Å². The van der Waals surface area contributed by atoms with E-state index in [-0.39, 0.29) is 22.2 Å². The predicted molar refractivity (Wildman–Crippen MR) is 176 cm³/mol. The van der Waals surface area contributed by atoms with E-state index in [2.05, 4.69) is 72.0 Å².